The number of thioether (sulfide) groups is 1. The molecule has 0 spiro atoms. The van der Waals surface area contributed by atoms with Crippen LogP contribution in [0.1, 0.15) is 23.3 Å². The minimum atomic E-state index is 0.0486. The Bertz CT molecular complexity index is 685. The second-order valence-corrected chi connectivity index (χ2v) is 6.79. The number of piperidine rings is 1. The van der Waals surface area contributed by atoms with Crippen molar-refractivity contribution in [2.75, 3.05) is 33.1 Å². The van der Waals surface area contributed by atoms with E-state index in [0.29, 0.717) is 18.2 Å². The smallest absolute Gasteiger partial charge is 0.272 e. The first kappa shape index (κ1) is 17.0. The number of imidazole rings is 1. The highest BCUT2D eigenvalue weighted by atomic mass is 32.2. The molecule has 5 nitrogen and oxygen atoms in total. The van der Waals surface area contributed by atoms with Crippen LogP contribution in [0.3, 0.4) is 0 Å². The summed E-state index contributed by atoms with van der Waals surface area (Å²) < 4.78 is 7.22. The van der Waals surface area contributed by atoms with Crippen molar-refractivity contribution >= 4 is 17.7 Å². The Balaban J connectivity index is 1.89. The van der Waals surface area contributed by atoms with E-state index in [2.05, 4.69) is 4.98 Å². The number of nitrogens with zero attached hydrogens (tertiary/aromatic N) is 3. The minimum Gasteiger partial charge on any atom is -0.384 e. The molecule has 1 aromatic heterocycles. The van der Waals surface area contributed by atoms with Gasteiger partial charge in [-0.25, -0.2) is 4.98 Å². The van der Waals surface area contributed by atoms with Crippen LogP contribution in [0.25, 0.3) is 5.69 Å². The van der Waals surface area contributed by atoms with Crippen molar-refractivity contribution in [3.8, 4) is 5.69 Å². The van der Waals surface area contributed by atoms with Crippen LogP contribution in [0.5, 0.6) is 0 Å². The fourth-order valence-electron chi connectivity index (χ4n) is 3.24. The van der Waals surface area contributed by atoms with Crippen LogP contribution in [-0.4, -0.2) is 53.4 Å². The van der Waals surface area contributed by atoms with Gasteiger partial charge >= 0.3 is 0 Å². The molecule has 6 heteroatoms. The lowest BCUT2D eigenvalue weighted by Gasteiger charge is -2.32. The van der Waals surface area contributed by atoms with Crippen LogP contribution in [0, 0.1) is 5.92 Å². The van der Waals surface area contributed by atoms with Crippen molar-refractivity contribution in [1.29, 1.82) is 0 Å². The Hall–Kier alpha value is -1.79. The van der Waals surface area contributed by atoms with E-state index in [-0.39, 0.29) is 5.91 Å². The molecule has 1 aromatic carbocycles. The first-order valence-corrected chi connectivity index (χ1v) is 9.42. The molecule has 0 aliphatic carbocycles. The molecule has 1 aliphatic rings. The van der Waals surface area contributed by atoms with Gasteiger partial charge in [-0.3, -0.25) is 9.36 Å². The highest BCUT2D eigenvalue weighted by molar-refractivity contribution is 7.98. The molecular weight excluding hydrogens is 322 g/mol. The Morgan fingerprint density at radius 2 is 2.17 bits per heavy atom. The number of hydrogen-bond acceptors (Lipinski definition) is 4. The molecule has 0 unspecified atom stereocenters. The van der Waals surface area contributed by atoms with Gasteiger partial charge in [0.15, 0.2) is 5.16 Å². The summed E-state index contributed by atoms with van der Waals surface area (Å²) in [5.74, 6) is 0.466. The normalized spacial score (nSPS) is 17.9. The molecule has 2 heterocycles. The van der Waals surface area contributed by atoms with Gasteiger partial charge in [-0.1, -0.05) is 30.0 Å². The van der Waals surface area contributed by atoms with E-state index in [0.717, 1.165) is 36.8 Å². The van der Waals surface area contributed by atoms with Crippen LogP contribution < -0.4 is 0 Å². The van der Waals surface area contributed by atoms with Gasteiger partial charge in [0, 0.05) is 25.9 Å². The van der Waals surface area contributed by atoms with E-state index in [1.165, 1.54) is 0 Å². The number of hydrogen-bond donors (Lipinski definition) is 0. The van der Waals surface area contributed by atoms with Crippen molar-refractivity contribution in [3.05, 3.63) is 42.2 Å². The van der Waals surface area contributed by atoms with Gasteiger partial charge in [0.05, 0.1) is 12.8 Å². The van der Waals surface area contributed by atoms with Gasteiger partial charge in [0.1, 0.15) is 5.69 Å². The number of rotatable bonds is 5. The summed E-state index contributed by atoms with van der Waals surface area (Å²) in [6.45, 7) is 2.26. The van der Waals surface area contributed by atoms with Crippen LogP contribution in [0.4, 0.5) is 0 Å². The average Bonchev–Trinajstić information content (AvgIpc) is 3.06. The fraction of sp³-hybridized carbons (Fsp3) is 0.444. The Kier molecular flexibility index (Phi) is 5.58. The van der Waals surface area contributed by atoms with Gasteiger partial charge < -0.3 is 9.64 Å². The maximum atomic E-state index is 13.1. The number of methoxy groups -OCH3 is 1. The molecule has 1 fully saturated rings. The minimum absolute atomic E-state index is 0.0486. The first-order chi connectivity index (χ1) is 11.7. The van der Waals surface area contributed by atoms with Crippen molar-refractivity contribution in [2.24, 2.45) is 5.92 Å². The number of aromatic nitrogens is 2. The van der Waals surface area contributed by atoms with Crippen molar-refractivity contribution in [1.82, 2.24) is 14.5 Å². The van der Waals surface area contributed by atoms with E-state index < -0.39 is 0 Å². The molecule has 128 valence electrons. The SMILES string of the molecule is COC[C@@H]1CCCN(C(=O)c2cnc(SC)n2-c2ccccc2)C1. The molecule has 1 atom stereocenters. The molecule has 1 aliphatic heterocycles. The van der Waals surface area contributed by atoms with E-state index >= 15 is 0 Å². The second-order valence-electron chi connectivity index (χ2n) is 6.02. The molecule has 0 N–H and O–H groups in total. The Labute approximate surface area is 147 Å². The second kappa shape index (κ2) is 7.85. The summed E-state index contributed by atoms with van der Waals surface area (Å²) >= 11 is 1.54. The maximum absolute atomic E-state index is 13.1. The summed E-state index contributed by atoms with van der Waals surface area (Å²) in [5, 5.41) is 0.829. The van der Waals surface area contributed by atoms with E-state index in [1.807, 2.05) is 46.1 Å². The van der Waals surface area contributed by atoms with E-state index in [4.69, 9.17) is 4.74 Å². The standard InChI is InChI=1S/C18H23N3O2S/c1-23-13-14-7-6-10-20(12-14)17(22)16-11-19-18(24-2)21(16)15-8-4-3-5-9-15/h3-5,8-9,11,14H,6-7,10,12-13H2,1-2H3/t14-/m1/s1. The zero-order chi connectivity index (χ0) is 16.9. The van der Waals surface area contributed by atoms with Crippen molar-refractivity contribution in [2.45, 2.75) is 18.0 Å². The van der Waals surface area contributed by atoms with Crippen LogP contribution in [-0.2, 0) is 4.74 Å². The summed E-state index contributed by atoms with van der Waals surface area (Å²) in [6.07, 6.45) is 5.81. The van der Waals surface area contributed by atoms with E-state index in [9.17, 15) is 4.79 Å². The zero-order valence-electron chi connectivity index (χ0n) is 14.1. The molecule has 1 amide bonds. The number of carbonyl (C=O) groups is 1. The third-order valence-electron chi connectivity index (χ3n) is 4.35. The number of ether oxygens (including phenoxy) is 1. The topological polar surface area (TPSA) is 47.4 Å². The predicted molar refractivity (Wildman–Crippen MR) is 95.8 cm³/mol. The Morgan fingerprint density at radius 3 is 2.88 bits per heavy atom. The highest BCUT2D eigenvalue weighted by Crippen LogP contribution is 2.24. The van der Waals surface area contributed by atoms with Crippen LogP contribution in [0.2, 0.25) is 0 Å². The first-order valence-electron chi connectivity index (χ1n) is 8.20. The number of likely N-dealkylation sites (tertiary alicyclic amines) is 1. The monoisotopic (exact) mass is 345 g/mol. The van der Waals surface area contributed by atoms with Gasteiger partial charge in [-0.05, 0) is 37.1 Å². The number of benzene rings is 1. The van der Waals surface area contributed by atoms with Crippen LogP contribution >= 0.6 is 11.8 Å². The predicted octanol–water partition coefficient (Wildman–Crippen LogP) is 3.09. The summed E-state index contributed by atoms with van der Waals surface area (Å²) in [6, 6.07) is 9.93. The summed E-state index contributed by atoms with van der Waals surface area (Å²) in [5.41, 5.74) is 1.59. The van der Waals surface area contributed by atoms with Crippen molar-refractivity contribution in [3.63, 3.8) is 0 Å². The molecule has 0 radical (unpaired) electrons. The molecule has 3 rings (SSSR count). The number of carbonyl (C=O) groups excluding carboxylic acids is 1. The summed E-state index contributed by atoms with van der Waals surface area (Å²) in [4.78, 5) is 19.5. The third-order valence-corrected chi connectivity index (χ3v) is 5.01. The van der Waals surface area contributed by atoms with Gasteiger partial charge in [-0.15, -0.1) is 0 Å². The van der Waals surface area contributed by atoms with Gasteiger partial charge in [0.2, 0.25) is 0 Å². The molecule has 0 saturated carbocycles. The lowest BCUT2D eigenvalue weighted by Crippen LogP contribution is -2.41. The molecule has 0 bridgehead atoms. The van der Waals surface area contributed by atoms with E-state index in [1.54, 1.807) is 25.1 Å². The van der Waals surface area contributed by atoms with Gasteiger partial charge in [0.25, 0.3) is 5.91 Å². The largest absolute Gasteiger partial charge is 0.384 e. The quantitative estimate of drug-likeness (QED) is 0.781. The third kappa shape index (κ3) is 3.49. The van der Waals surface area contributed by atoms with Crippen molar-refractivity contribution < 1.29 is 9.53 Å². The highest BCUT2D eigenvalue weighted by Gasteiger charge is 2.27. The maximum Gasteiger partial charge on any atom is 0.272 e. The lowest BCUT2D eigenvalue weighted by molar-refractivity contribution is 0.0563. The zero-order valence-corrected chi connectivity index (χ0v) is 15.0. The Morgan fingerprint density at radius 1 is 1.38 bits per heavy atom. The number of amides is 1. The molecular formula is C18H23N3O2S. The lowest BCUT2D eigenvalue weighted by atomic mass is 9.99. The van der Waals surface area contributed by atoms with Crippen LogP contribution in [0.15, 0.2) is 41.7 Å². The number of para-hydroxylation sites is 1. The van der Waals surface area contributed by atoms with Gasteiger partial charge in [-0.2, -0.15) is 0 Å². The molecule has 2 aromatic rings. The molecule has 1 saturated heterocycles. The summed E-state index contributed by atoms with van der Waals surface area (Å²) in [7, 11) is 1.72. The molecule has 24 heavy (non-hydrogen) atoms. The fourth-order valence-corrected chi connectivity index (χ4v) is 3.78. The average molecular weight is 345 g/mol.